The minimum Gasteiger partial charge on any atom is -0.444 e. The highest BCUT2D eigenvalue weighted by molar-refractivity contribution is 6.01. The number of nitrogens with zero attached hydrogens (tertiary/aromatic N) is 2. The molecule has 0 spiro atoms. The summed E-state index contributed by atoms with van der Waals surface area (Å²) in [5, 5.41) is 2.88. The quantitative estimate of drug-likeness (QED) is 0.510. The minimum absolute atomic E-state index is 0.0543. The third kappa shape index (κ3) is 6.82. The van der Waals surface area contributed by atoms with Gasteiger partial charge in [-0.2, -0.15) is 0 Å². The van der Waals surface area contributed by atoms with Crippen LogP contribution in [0, 0.1) is 11.8 Å². The number of likely N-dealkylation sites (tertiary alicyclic amines) is 1. The van der Waals surface area contributed by atoms with E-state index in [2.05, 4.69) is 24.0 Å². The van der Waals surface area contributed by atoms with Gasteiger partial charge in [0.25, 0.3) is 0 Å². The predicted molar refractivity (Wildman–Crippen MR) is 149 cm³/mol. The predicted octanol–water partition coefficient (Wildman–Crippen LogP) is 5.24. The molecule has 7 heteroatoms. The van der Waals surface area contributed by atoms with Crippen LogP contribution >= 0.6 is 0 Å². The molecular weight excluding hydrogens is 478 g/mol. The normalized spacial score (nSPS) is 20.9. The Hall–Kier alpha value is -3.61. The van der Waals surface area contributed by atoms with E-state index in [1.807, 2.05) is 75.1 Å². The van der Waals surface area contributed by atoms with Crippen LogP contribution in [0.1, 0.15) is 51.2 Å². The number of nitrogens with one attached hydrogen (secondary N) is 1. The third-order valence-corrected chi connectivity index (χ3v) is 7.09. The summed E-state index contributed by atoms with van der Waals surface area (Å²) in [6.07, 6.45) is 0.591. The van der Waals surface area contributed by atoms with Crippen molar-refractivity contribution < 1.29 is 19.1 Å². The molecule has 3 amide bonds. The Balaban J connectivity index is 1.58. The molecule has 3 atom stereocenters. The van der Waals surface area contributed by atoms with E-state index < -0.39 is 11.5 Å². The Morgan fingerprint density at radius 3 is 2.39 bits per heavy atom. The number of rotatable bonds is 7. The lowest BCUT2D eigenvalue weighted by molar-refractivity contribution is -0.135. The van der Waals surface area contributed by atoms with Gasteiger partial charge in [0.15, 0.2) is 0 Å². The lowest BCUT2D eigenvalue weighted by Crippen LogP contribution is -2.43. The van der Waals surface area contributed by atoms with Crippen LogP contribution in [-0.4, -0.2) is 59.5 Å². The van der Waals surface area contributed by atoms with Crippen LogP contribution in [0.2, 0.25) is 0 Å². The number of carbonyl (C=O) groups is 3. The van der Waals surface area contributed by atoms with E-state index >= 15 is 0 Å². The Labute approximate surface area is 225 Å². The third-order valence-electron chi connectivity index (χ3n) is 7.09. The highest BCUT2D eigenvalue weighted by Crippen LogP contribution is 2.35. The zero-order valence-electron chi connectivity index (χ0n) is 22.9. The number of ether oxygens (including phenoxy) is 1. The Kier molecular flexibility index (Phi) is 8.24. The largest absolute Gasteiger partial charge is 0.444 e. The molecule has 202 valence electrons. The molecule has 2 aromatic rings. The maximum absolute atomic E-state index is 14.0. The van der Waals surface area contributed by atoms with E-state index in [1.165, 1.54) is 5.56 Å². The number of hydrogen-bond acceptors (Lipinski definition) is 4. The summed E-state index contributed by atoms with van der Waals surface area (Å²) in [7, 11) is 0. The minimum atomic E-state index is -0.582. The molecule has 1 N–H and O–H groups in total. The molecule has 2 aliphatic rings. The van der Waals surface area contributed by atoms with Crippen LogP contribution in [0.15, 0.2) is 66.7 Å². The fourth-order valence-electron chi connectivity index (χ4n) is 5.46. The average Bonchev–Trinajstić information content (AvgIpc) is 3.24. The van der Waals surface area contributed by atoms with Gasteiger partial charge in [-0.3, -0.25) is 9.59 Å². The Bertz CT molecular complexity index is 1190. The van der Waals surface area contributed by atoms with Gasteiger partial charge in [-0.15, -0.1) is 0 Å². The number of hydrogen-bond donors (Lipinski definition) is 1. The summed E-state index contributed by atoms with van der Waals surface area (Å²) in [6.45, 7) is 13.5. The molecule has 4 rings (SSSR count). The van der Waals surface area contributed by atoms with Crippen molar-refractivity contribution >= 4 is 23.6 Å². The van der Waals surface area contributed by atoms with Crippen molar-refractivity contribution in [1.82, 2.24) is 9.80 Å². The topological polar surface area (TPSA) is 79.0 Å². The van der Waals surface area contributed by atoms with Gasteiger partial charge in [-0.1, -0.05) is 60.7 Å². The van der Waals surface area contributed by atoms with Crippen molar-refractivity contribution in [2.75, 3.05) is 31.5 Å². The van der Waals surface area contributed by atoms with E-state index in [0.29, 0.717) is 31.9 Å². The molecule has 0 aromatic heterocycles. The molecule has 2 aliphatic heterocycles. The monoisotopic (exact) mass is 517 g/mol. The molecule has 2 aromatic carbocycles. The molecule has 0 bridgehead atoms. The van der Waals surface area contributed by atoms with Gasteiger partial charge in [-0.05, 0) is 63.1 Å². The second kappa shape index (κ2) is 11.4. The molecule has 38 heavy (non-hydrogen) atoms. The molecule has 3 unspecified atom stereocenters. The summed E-state index contributed by atoms with van der Waals surface area (Å²) in [4.78, 5) is 43.1. The number of fused-ring (bicyclic) bond motifs is 1. The van der Waals surface area contributed by atoms with Crippen molar-refractivity contribution in [3.8, 4) is 0 Å². The van der Waals surface area contributed by atoms with Crippen LogP contribution in [0.3, 0.4) is 0 Å². The molecule has 0 radical (unpaired) electrons. The standard InChI is InChI=1S/C31H39N3O4/c1-21(2)17-33(29(36)26-16-28(35)32-27-14-10-9-13-25(26)27)19-24-20-34(30(37)38-31(3,4)5)18-23(24)15-22-11-7-6-8-12-22/h6-14,23-24,26H,1,15-20H2,2-5H3,(H,32,35). The van der Waals surface area contributed by atoms with E-state index in [4.69, 9.17) is 4.74 Å². The maximum Gasteiger partial charge on any atom is 0.410 e. The van der Waals surface area contributed by atoms with E-state index in [-0.39, 0.29) is 36.2 Å². The summed E-state index contributed by atoms with van der Waals surface area (Å²) in [5.41, 5.74) is 3.02. The first-order valence-corrected chi connectivity index (χ1v) is 13.3. The molecule has 0 aliphatic carbocycles. The lowest BCUT2D eigenvalue weighted by Gasteiger charge is -2.33. The summed E-state index contributed by atoms with van der Waals surface area (Å²) in [6, 6.07) is 17.7. The van der Waals surface area contributed by atoms with Gasteiger partial charge in [0.1, 0.15) is 5.60 Å². The fraction of sp³-hybridized carbons (Fsp3) is 0.452. The number of anilines is 1. The van der Waals surface area contributed by atoms with Gasteiger partial charge >= 0.3 is 6.09 Å². The van der Waals surface area contributed by atoms with Crippen LogP contribution in [0.25, 0.3) is 0 Å². The van der Waals surface area contributed by atoms with E-state index in [0.717, 1.165) is 17.6 Å². The van der Waals surface area contributed by atoms with Gasteiger partial charge in [0, 0.05) is 38.3 Å². The second-order valence-electron chi connectivity index (χ2n) is 11.7. The highest BCUT2D eigenvalue weighted by atomic mass is 16.6. The SMILES string of the molecule is C=C(C)CN(CC1CN(C(=O)OC(C)(C)C)CC1Cc1ccccc1)C(=O)C1CC(=O)Nc2ccccc21. The van der Waals surface area contributed by atoms with E-state index in [1.54, 1.807) is 4.90 Å². The van der Waals surface area contributed by atoms with E-state index in [9.17, 15) is 14.4 Å². The molecule has 0 saturated carbocycles. The first-order valence-electron chi connectivity index (χ1n) is 13.3. The number of amides is 3. The fourth-order valence-corrected chi connectivity index (χ4v) is 5.46. The van der Waals surface area contributed by atoms with Crippen LogP contribution in [0.4, 0.5) is 10.5 Å². The number of benzene rings is 2. The summed E-state index contributed by atoms with van der Waals surface area (Å²) in [5.74, 6) is -0.568. The number of para-hydroxylation sites is 1. The lowest BCUT2D eigenvalue weighted by atomic mass is 9.87. The highest BCUT2D eigenvalue weighted by Gasteiger charge is 2.40. The van der Waals surface area contributed by atoms with Crippen LogP contribution in [-0.2, 0) is 20.7 Å². The Morgan fingerprint density at radius 2 is 1.71 bits per heavy atom. The van der Waals surface area contributed by atoms with Gasteiger partial charge in [-0.25, -0.2) is 4.79 Å². The van der Waals surface area contributed by atoms with Crippen LogP contribution in [0.5, 0.6) is 0 Å². The summed E-state index contributed by atoms with van der Waals surface area (Å²) < 4.78 is 5.68. The van der Waals surface area contributed by atoms with Crippen molar-refractivity contribution in [3.63, 3.8) is 0 Å². The molecule has 1 saturated heterocycles. The van der Waals surface area contributed by atoms with Gasteiger partial charge in [0.05, 0.1) is 5.92 Å². The van der Waals surface area contributed by atoms with Crippen molar-refractivity contribution in [2.45, 2.75) is 52.1 Å². The van der Waals surface area contributed by atoms with Crippen molar-refractivity contribution in [1.29, 1.82) is 0 Å². The van der Waals surface area contributed by atoms with Gasteiger partial charge < -0.3 is 19.9 Å². The van der Waals surface area contributed by atoms with Crippen molar-refractivity contribution in [3.05, 3.63) is 77.9 Å². The summed E-state index contributed by atoms with van der Waals surface area (Å²) >= 11 is 0. The molecule has 7 nitrogen and oxygen atoms in total. The molecule has 2 heterocycles. The Morgan fingerprint density at radius 1 is 1.05 bits per heavy atom. The van der Waals surface area contributed by atoms with Crippen molar-refractivity contribution in [2.24, 2.45) is 11.8 Å². The zero-order valence-corrected chi connectivity index (χ0v) is 22.9. The average molecular weight is 518 g/mol. The molecular formula is C31H39N3O4. The smallest absolute Gasteiger partial charge is 0.410 e. The first kappa shape index (κ1) is 27.4. The zero-order chi connectivity index (χ0) is 27.4. The van der Waals surface area contributed by atoms with Crippen LogP contribution < -0.4 is 5.32 Å². The van der Waals surface area contributed by atoms with Gasteiger partial charge in [0.2, 0.25) is 11.8 Å². The second-order valence-corrected chi connectivity index (χ2v) is 11.7. The first-order chi connectivity index (χ1) is 18.0. The molecule has 1 fully saturated rings. The maximum atomic E-state index is 14.0. The number of carbonyl (C=O) groups excluding carboxylic acids is 3.